The van der Waals surface area contributed by atoms with E-state index in [2.05, 4.69) is 15.5 Å². The number of anilines is 1. The van der Waals surface area contributed by atoms with Gasteiger partial charge in [-0.2, -0.15) is 4.39 Å². The van der Waals surface area contributed by atoms with E-state index in [1.165, 1.54) is 31.4 Å². The van der Waals surface area contributed by atoms with Crippen molar-refractivity contribution >= 4 is 37.9 Å². The Morgan fingerprint density at radius 3 is 2.60 bits per heavy atom. The predicted molar refractivity (Wildman–Crippen MR) is 110 cm³/mol. The van der Waals surface area contributed by atoms with Crippen LogP contribution in [0.15, 0.2) is 40.5 Å². The molecular formula is C18H22FN3O6S2. The van der Waals surface area contributed by atoms with E-state index in [1.54, 1.807) is 0 Å². The summed E-state index contributed by atoms with van der Waals surface area (Å²) in [6.07, 6.45) is 1.64. The number of aromatic nitrogens is 1. The lowest BCUT2D eigenvalue weighted by Gasteiger charge is -2.08. The molecule has 0 fully saturated rings. The molecule has 2 aromatic rings. The molecule has 0 bridgehead atoms. The summed E-state index contributed by atoms with van der Waals surface area (Å²) in [6.45, 7) is 0.299. The van der Waals surface area contributed by atoms with Crippen molar-refractivity contribution in [1.29, 1.82) is 0 Å². The molecule has 30 heavy (non-hydrogen) atoms. The van der Waals surface area contributed by atoms with Crippen LogP contribution in [0.5, 0.6) is 0 Å². The van der Waals surface area contributed by atoms with Crippen molar-refractivity contribution < 1.29 is 32.3 Å². The van der Waals surface area contributed by atoms with Gasteiger partial charge in [-0.3, -0.25) is 10.1 Å². The number of thiazole rings is 1. The average Bonchev–Trinajstić information content (AvgIpc) is 3.12. The Kier molecular flexibility index (Phi) is 9.30. The monoisotopic (exact) mass is 459 g/mol. The lowest BCUT2D eigenvalue weighted by molar-refractivity contribution is -0.110. The third kappa shape index (κ3) is 7.13. The Morgan fingerprint density at radius 2 is 2.00 bits per heavy atom. The first-order valence-electron chi connectivity index (χ1n) is 8.93. The Morgan fingerprint density at radius 1 is 1.27 bits per heavy atom. The summed E-state index contributed by atoms with van der Waals surface area (Å²) in [5.74, 6) is -0.773. The Balaban J connectivity index is 2.21. The van der Waals surface area contributed by atoms with E-state index < -0.39 is 20.9 Å². The number of sulfone groups is 1. The minimum Gasteiger partial charge on any atom is -0.396 e. The maximum atomic E-state index is 13.1. The van der Waals surface area contributed by atoms with Crippen molar-refractivity contribution in [3.8, 4) is 0 Å². The zero-order valence-corrected chi connectivity index (χ0v) is 17.8. The summed E-state index contributed by atoms with van der Waals surface area (Å²) in [6, 6.07) is 5.60. The topological polar surface area (TPSA) is 127 Å². The Bertz CT molecular complexity index is 961. The molecule has 1 aromatic carbocycles. The van der Waals surface area contributed by atoms with E-state index in [-0.39, 0.29) is 34.7 Å². The number of aliphatic hydroxyl groups is 1. The molecule has 164 valence electrons. The summed E-state index contributed by atoms with van der Waals surface area (Å²) >= 11 is 0.648. The van der Waals surface area contributed by atoms with E-state index in [9.17, 15) is 17.6 Å². The number of carbonyl (C=O) groups excluding carboxylic acids is 1. The zero-order valence-electron chi connectivity index (χ0n) is 16.2. The van der Waals surface area contributed by atoms with Crippen molar-refractivity contribution in [3.63, 3.8) is 0 Å². The second-order valence-corrected chi connectivity index (χ2v) is 9.05. The molecule has 0 aliphatic heterocycles. The van der Waals surface area contributed by atoms with Crippen LogP contribution in [-0.2, 0) is 24.2 Å². The van der Waals surface area contributed by atoms with Gasteiger partial charge in [-0.1, -0.05) is 28.6 Å². The number of rotatable bonds is 12. The van der Waals surface area contributed by atoms with Gasteiger partial charge < -0.3 is 14.7 Å². The molecule has 0 atom stereocenters. The van der Waals surface area contributed by atoms with Crippen LogP contribution in [0.2, 0.25) is 0 Å². The standard InChI is InChI=1S/C18H22FN3O6S2/c1-27-9-3-11-30(25,26)14-6-4-13(5-7-14)16(22-28-10-2-8-23)17(24)21-18-20-12-15(19)29-18/h4-7,12,23H,2-3,8-11H2,1H3,(H,20,21,24)/b22-16+. The van der Waals surface area contributed by atoms with Crippen LogP contribution < -0.4 is 5.32 Å². The van der Waals surface area contributed by atoms with Gasteiger partial charge in [0, 0.05) is 32.3 Å². The highest BCUT2D eigenvalue weighted by molar-refractivity contribution is 7.91. The molecule has 2 rings (SSSR count). The predicted octanol–water partition coefficient (Wildman–Crippen LogP) is 1.83. The number of halogens is 1. The first kappa shape index (κ1) is 23.9. The number of oxime groups is 1. The van der Waals surface area contributed by atoms with Crippen molar-refractivity contribution in [3.05, 3.63) is 41.2 Å². The number of methoxy groups -OCH3 is 1. The summed E-state index contributed by atoms with van der Waals surface area (Å²) in [5, 5.41) is 14.5. The molecule has 12 heteroatoms. The lowest BCUT2D eigenvalue weighted by atomic mass is 10.1. The number of benzene rings is 1. The van der Waals surface area contributed by atoms with Crippen LogP contribution in [0, 0.1) is 5.13 Å². The molecule has 0 spiro atoms. The highest BCUT2D eigenvalue weighted by Crippen LogP contribution is 2.18. The highest BCUT2D eigenvalue weighted by atomic mass is 32.2. The normalized spacial score (nSPS) is 12.0. The van der Waals surface area contributed by atoms with Crippen LogP contribution in [-0.4, -0.2) is 62.8 Å². The number of nitrogens with one attached hydrogen (secondary N) is 1. The Hall–Kier alpha value is -2.41. The third-order valence-electron chi connectivity index (χ3n) is 3.71. The average molecular weight is 460 g/mol. The molecule has 0 aliphatic carbocycles. The van der Waals surface area contributed by atoms with E-state index in [1.807, 2.05) is 0 Å². The van der Waals surface area contributed by atoms with Crippen LogP contribution in [0.25, 0.3) is 0 Å². The Labute approximate surface area is 177 Å². The van der Waals surface area contributed by atoms with Crippen molar-refractivity contribution in [1.82, 2.24) is 4.98 Å². The molecule has 0 aliphatic rings. The van der Waals surface area contributed by atoms with Crippen LogP contribution in [0.1, 0.15) is 18.4 Å². The van der Waals surface area contributed by atoms with Crippen LogP contribution in [0.3, 0.4) is 0 Å². The van der Waals surface area contributed by atoms with Gasteiger partial charge in [0.2, 0.25) is 0 Å². The molecule has 0 radical (unpaired) electrons. The van der Waals surface area contributed by atoms with Gasteiger partial charge in [0.1, 0.15) is 6.61 Å². The van der Waals surface area contributed by atoms with Gasteiger partial charge in [0.05, 0.1) is 16.8 Å². The third-order valence-corrected chi connectivity index (χ3v) is 6.23. The maximum Gasteiger partial charge on any atom is 0.280 e. The fourth-order valence-corrected chi connectivity index (χ4v) is 4.09. The van der Waals surface area contributed by atoms with Crippen molar-refractivity contribution in [2.24, 2.45) is 5.16 Å². The van der Waals surface area contributed by atoms with Gasteiger partial charge in [-0.15, -0.1) is 0 Å². The van der Waals surface area contributed by atoms with E-state index in [0.29, 0.717) is 36.3 Å². The SMILES string of the molecule is COCCCS(=O)(=O)c1ccc(/C(=N\OCCCO)C(=O)Nc2ncc(F)s2)cc1. The van der Waals surface area contributed by atoms with E-state index in [4.69, 9.17) is 14.7 Å². The molecule has 1 heterocycles. The lowest BCUT2D eigenvalue weighted by Crippen LogP contribution is -2.24. The molecule has 2 N–H and O–H groups in total. The van der Waals surface area contributed by atoms with Gasteiger partial charge in [-0.05, 0) is 18.6 Å². The van der Waals surface area contributed by atoms with Crippen molar-refractivity contribution in [2.75, 3.05) is 38.0 Å². The fraction of sp³-hybridized carbons (Fsp3) is 0.389. The number of ether oxygens (including phenoxy) is 1. The van der Waals surface area contributed by atoms with Gasteiger partial charge in [-0.25, -0.2) is 13.4 Å². The van der Waals surface area contributed by atoms with Gasteiger partial charge in [0.15, 0.2) is 25.8 Å². The molecule has 0 saturated carbocycles. The minimum absolute atomic E-state index is 0.0397. The number of nitrogens with zero attached hydrogens (tertiary/aromatic N) is 2. The molecule has 0 unspecified atom stereocenters. The van der Waals surface area contributed by atoms with Crippen LogP contribution in [0.4, 0.5) is 9.52 Å². The number of hydrogen-bond donors (Lipinski definition) is 2. The summed E-state index contributed by atoms with van der Waals surface area (Å²) in [4.78, 5) is 21.5. The number of hydrogen-bond acceptors (Lipinski definition) is 9. The molecule has 0 saturated heterocycles. The van der Waals surface area contributed by atoms with Crippen LogP contribution >= 0.6 is 11.3 Å². The summed E-state index contributed by atoms with van der Waals surface area (Å²) in [5.41, 5.74) is 0.149. The van der Waals surface area contributed by atoms with Crippen molar-refractivity contribution in [2.45, 2.75) is 17.7 Å². The van der Waals surface area contributed by atoms with Gasteiger partial charge >= 0.3 is 0 Å². The zero-order chi connectivity index (χ0) is 22.0. The molecule has 1 amide bonds. The highest BCUT2D eigenvalue weighted by Gasteiger charge is 2.19. The molecule has 9 nitrogen and oxygen atoms in total. The summed E-state index contributed by atoms with van der Waals surface area (Å²) < 4.78 is 42.7. The number of amides is 1. The van der Waals surface area contributed by atoms with E-state index >= 15 is 0 Å². The largest absolute Gasteiger partial charge is 0.396 e. The second-order valence-electron chi connectivity index (χ2n) is 5.96. The molecule has 1 aromatic heterocycles. The van der Waals surface area contributed by atoms with Gasteiger partial charge in [0.25, 0.3) is 5.91 Å². The van der Waals surface area contributed by atoms with E-state index in [0.717, 1.165) is 6.20 Å². The maximum absolute atomic E-state index is 13.1. The minimum atomic E-state index is -3.49. The first-order valence-corrected chi connectivity index (χ1v) is 11.4. The smallest absolute Gasteiger partial charge is 0.280 e. The quantitative estimate of drug-likeness (QED) is 0.282. The fourth-order valence-electron chi connectivity index (χ4n) is 2.26. The molecular weight excluding hydrogens is 437 g/mol. The first-order chi connectivity index (χ1) is 14.4. The number of carbonyl (C=O) groups is 1. The summed E-state index contributed by atoms with van der Waals surface area (Å²) in [7, 11) is -2.00. The second kappa shape index (κ2) is 11.7. The number of aliphatic hydroxyl groups excluding tert-OH is 1.